The lowest BCUT2D eigenvalue weighted by Crippen LogP contribution is -2.49. The lowest BCUT2D eigenvalue weighted by molar-refractivity contribution is -0.135. The van der Waals surface area contributed by atoms with E-state index in [0.717, 1.165) is 17.0 Å². The molecule has 0 heterocycles. The number of amides is 3. The predicted molar refractivity (Wildman–Crippen MR) is 93.1 cm³/mol. The molecule has 9 heteroatoms. The van der Waals surface area contributed by atoms with Gasteiger partial charge in [0.1, 0.15) is 17.3 Å². The number of nitrogens with one attached hydrogen (secondary N) is 2. The molecule has 0 spiro atoms. The number of para-hydroxylation sites is 1. The Balaban J connectivity index is 2.61. The quantitative estimate of drug-likeness (QED) is 0.631. The summed E-state index contributed by atoms with van der Waals surface area (Å²) in [7, 11) is 0. The Morgan fingerprint density at radius 2 is 1.77 bits per heavy atom. The number of rotatable bonds is 8. The van der Waals surface area contributed by atoms with Gasteiger partial charge in [-0.2, -0.15) is 0 Å². The maximum Gasteiger partial charge on any atom is 0.244 e. The minimum absolute atomic E-state index is 0.0891. The van der Waals surface area contributed by atoms with E-state index >= 15 is 0 Å². The van der Waals surface area contributed by atoms with Crippen molar-refractivity contribution in [3.05, 3.63) is 29.8 Å². The Bertz CT molecular complexity index is 647. The van der Waals surface area contributed by atoms with Gasteiger partial charge in [0.05, 0.1) is 19.1 Å². The normalized spacial score (nSPS) is 11.8. The average Bonchev–Trinajstić information content (AvgIpc) is 2.59. The molecule has 0 saturated carbocycles. The SMILES string of the molecule is CCN(CC(=O)Nc1c(F)cccc1F)C(=O)CNC(=O)[C@@H](N)C(C)C. The fraction of sp³-hybridized carbons (Fsp3) is 0.471. The van der Waals surface area contributed by atoms with Crippen molar-refractivity contribution in [2.45, 2.75) is 26.8 Å². The van der Waals surface area contributed by atoms with Crippen LogP contribution in [0.25, 0.3) is 0 Å². The Hall–Kier alpha value is -2.55. The van der Waals surface area contributed by atoms with Gasteiger partial charge in [0.2, 0.25) is 17.7 Å². The zero-order chi connectivity index (χ0) is 19.9. The minimum atomic E-state index is -0.914. The van der Waals surface area contributed by atoms with Gasteiger partial charge in [-0.15, -0.1) is 0 Å². The zero-order valence-electron chi connectivity index (χ0n) is 15.0. The summed E-state index contributed by atoms with van der Waals surface area (Å²) in [5.41, 5.74) is 5.11. The Morgan fingerprint density at radius 1 is 1.19 bits per heavy atom. The summed E-state index contributed by atoms with van der Waals surface area (Å²) in [4.78, 5) is 37.0. The highest BCUT2D eigenvalue weighted by Crippen LogP contribution is 2.17. The van der Waals surface area contributed by atoms with E-state index in [4.69, 9.17) is 5.73 Å². The number of halogens is 2. The summed E-state index contributed by atoms with van der Waals surface area (Å²) in [5.74, 6) is -3.66. The topological polar surface area (TPSA) is 105 Å². The van der Waals surface area contributed by atoms with Crippen molar-refractivity contribution in [1.82, 2.24) is 10.2 Å². The highest BCUT2D eigenvalue weighted by molar-refractivity contribution is 5.95. The first kappa shape index (κ1) is 21.5. The second-order valence-electron chi connectivity index (χ2n) is 6.04. The van der Waals surface area contributed by atoms with Gasteiger partial charge < -0.3 is 21.3 Å². The number of nitrogens with zero attached hydrogens (tertiary/aromatic N) is 1. The highest BCUT2D eigenvalue weighted by Gasteiger charge is 2.21. The van der Waals surface area contributed by atoms with Crippen LogP contribution in [0.15, 0.2) is 18.2 Å². The van der Waals surface area contributed by atoms with Gasteiger partial charge in [-0.25, -0.2) is 8.78 Å². The van der Waals surface area contributed by atoms with Crippen LogP contribution >= 0.6 is 0 Å². The lowest BCUT2D eigenvalue weighted by Gasteiger charge is -2.22. The molecule has 0 unspecified atom stereocenters. The molecule has 0 aliphatic rings. The van der Waals surface area contributed by atoms with Gasteiger partial charge in [-0.1, -0.05) is 19.9 Å². The monoisotopic (exact) mass is 370 g/mol. The van der Waals surface area contributed by atoms with E-state index in [0.29, 0.717) is 0 Å². The minimum Gasteiger partial charge on any atom is -0.346 e. The summed E-state index contributed by atoms with van der Waals surface area (Å²) in [5, 5.41) is 4.52. The largest absolute Gasteiger partial charge is 0.346 e. The first-order chi connectivity index (χ1) is 12.2. The highest BCUT2D eigenvalue weighted by atomic mass is 19.1. The molecule has 1 aromatic rings. The summed E-state index contributed by atoms with van der Waals surface area (Å²) < 4.78 is 27.1. The van der Waals surface area contributed by atoms with Crippen LogP contribution in [0.4, 0.5) is 14.5 Å². The molecule has 3 amide bonds. The van der Waals surface area contributed by atoms with Crippen LogP contribution in [0.5, 0.6) is 0 Å². The van der Waals surface area contributed by atoms with Gasteiger partial charge in [-0.05, 0) is 25.0 Å². The lowest BCUT2D eigenvalue weighted by atomic mass is 10.1. The maximum atomic E-state index is 13.5. The first-order valence-electron chi connectivity index (χ1n) is 8.22. The number of hydrogen-bond donors (Lipinski definition) is 3. The van der Waals surface area contributed by atoms with Crippen LogP contribution in [-0.2, 0) is 14.4 Å². The molecule has 1 rings (SSSR count). The molecule has 4 N–H and O–H groups in total. The Labute approximate surface area is 150 Å². The molecular weight excluding hydrogens is 346 g/mol. The van der Waals surface area contributed by atoms with Crippen molar-refractivity contribution in [1.29, 1.82) is 0 Å². The molecule has 0 saturated heterocycles. The van der Waals surface area contributed by atoms with Crippen molar-refractivity contribution < 1.29 is 23.2 Å². The van der Waals surface area contributed by atoms with Crippen LogP contribution in [0.3, 0.4) is 0 Å². The number of carbonyl (C=O) groups excluding carboxylic acids is 3. The molecule has 144 valence electrons. The van der Waals surface area contributed by atoms with E-state index in [-0.39, 0.29) is 19.0 Å². The van der Waals surface area contributed by atoms with E-state index in [2.05, 4.69) is 10.6 Å². The van der Waals surface area contributed by atoms with Crippen molar-refractivity contribution in [2.24, 2.45) is 11.7 Å². The third-order valence-electron chi connectivity index (χ3n) is 3.73. The van der Waals surface area contributed by atoms with Crippen LogP contribution in [-0.4, -0.2) is 48.3 Å². The zero-order valence-corrected chi connectivity index (χ0v) is 15.0. The molecule has 0 bridgehead atoms. The van der Waals surface area contributed by atoms with Crippen LogP contribution < -0.4 is 16.4 Å². The fourth-order valence-electron chi connectivity index (χ4n) is 2.04. The molecule has 1 aromatic carbocycles. The summed E-state index contributed by atoms with van der Waals surface area (Å²) in [6.45, 7) is 4.63. The van der Waals surface area contributed by atoms with Gasteiger partial charge >= 0.3 is 0 Å². The standard InChI is InChI=1S/C17H24F2N4O3/c1-4-23(14(25)8-21-17(26)15(20)10(2)3)9-13(24)22-16-11(18)6-5-7-12(16)19/h5-7,10,15H,4,8-9,20H2,1-3H3,(H,21,26)(H,22,24)/t15-/m0/s1. The molecular formula is C17H24F2N4O3. The smallest absolute Gasteiger partial charge is 0.244 e. The molecule has 0 aliphatic heterocycles. The summed E-state index contributed by atoms with van der Waals surface area (Å²) in [6.07, 6.45) is 0. The van der Waals surface area contributed by atoms with Gasteiger partial charge in [0.15, 0.2) is 0 Å². The average molecular weight is 370 g/mol. The predicted octanol–water partition coefficient (Wildman–Crippen LogP) is 0.851. The van der Waals surface area contributed by atoms with Crippen LogP contribution in [0.2, 0.25) is 0 Å². The van der Waals surface area contributed by atoms with Crippen LogP contribution in [0, 0.1) is 17.6 Å². The number of benzene rings is 1. The fourth-order valence-corrected chi connectivity index (χ4v) is 2.04. The molecule has 1 atom stereocenters. The first-order valence-corrected chi connectivity index (χ1v) is 8.22. The second-order valence-corrected chi connectivity index (χ2v) is 6.04. The van der Waals surface area contributed by atoms with E-state index in [1.54, 1.807) is 20.8 Å². The third kappa shape index (κ3) is 6.07. The second kappa shape index (κ2) is 9.81. The Morgan fingerprint density at radius 3 is 2.27 bits per heavy atom. The van der Waals surface area contributed by atoms with Gasteiger partial charge in [0.25, 0.3) is 0 Å². The third-order valence-corrected chi connectivity index (χ3v) is 3.73. The molecule has 0 fully saturated rings. The summed E-state index contributed by atoms with van der Waals surface area (Å²) >= 11 is 0. The van der Waals surface area contributed by atoms with Crippen molar-refractivity contribution in [3.63, 3.8) is 0 Å². The summed E-state index contributed by atoms with van der Waals surface area (Å²) in [6, 6.07) is 2.45. The maximum absolute atomic E-state index is 13.5. The van der Waals surface area contributed by atoms with Crippen molar-refractivity contribution in [2.75, 3.05) is 25.0 Å². The molecule has 0 aromatic heterocycles. The molecule has 0 aliphatic carbocycles. The van der Waals surface area contributed by atoms with E-state index in [1.807, 2.05) is 0 Å². The molecule has 7 nitrogen and oxygen atoms in total. The van der Waals surface area contributed by atoms with E-state index in [9.17, 15) is 23.2 Å². The van der Waals surface area contributed by atoms with Crippen molar-refractivity contribution in [3.8, 4) is 0 Å². The number of carbonyl (C=O) groups is 3. The number of hydrogen-bond acceptors (Lipinski definition) is 4. The van der Waals surface area contributed by atoms with E-state index in [1.165, 1.54) is 6.07 Å². The Kier molecular flexibility index (Phi) is 8.11. The number of nitrogens with two attached hydrogens (primary N) is 1. The van der Waals surface area contributed by atoms with E-state index < -0.39 is 47.6 Å². The van der Waals surface area contributed by atoms with Gasteiger partial charge in [0, 0.05) is 6.54 Å². The molecule has 0 radical (unpaired) electrons. The number of likely N-dealkylation sites (N-methyl/N-ethyl adjacent to an activating group) is 1. The van der Waals surface area contributed by atoms with Crippen molar-refractivity contribution >= 4 is 23.4 Å². The number of anilines is 1. The van der Waals surface area contributed by atoms with Gasteiger partial charge in [-0.3, -0.25) is 14.4 Å². The molecule has 26 heavy (non-hydrogen) atoms. The van der Waals surface area contributed by atoms with Crippen LogP contribution in [0.1, 0.15) is 20.8 Å².